The van der Waals surface area contributed by atoms with Gasteiger partial charge in [0.25, 0.3) is 0 Å². The van der Waals surface area contributed by atoms with Crippen LogP contribution in [0.2, 0.25) is 0 Å². The average Bonchev–Trinajstić information content (AvgIpc) is 2.40. The lowest BCUT2D eigenvalue weighted by Crippen LogP contribution is -2.29. The zero-order chi connectivity index (χ0) is 13.2. The maximum absolute atomic E-state index is 5.89. The largest absolute Gasteiger partial charge is 0.492 e. The van der Waals surface area contributed by atoms with E-state index in [4.69, 9.17) is 4.74 Å². The van der Waals surface area contributed by atoms with Gasteiger partial charge in [-0.25, -0.2) is 0 Å². The number of nitrogens with zero attached hydrogens (tertiary/aromatic N) is 1. The molecule has 0 aliphatic heterocycles. The molecule has 1 aromatic carbocycles. The molecule has 0 saturated heterocycles. The summed E-state index contributed by atoms with van der Waals surface area (Å²) in [7, 11) is 1.96. The number of benzene rings is 1. The Labute approximate surface area is 111 Å². The summed E-state index contributed by atoms with van der Waals surface area (Å²) in [4.78, 5) is 2.42. The maximum atomic E-state index is 5.89. The Morgan fingerprint density at radius 3 is 2.61 bits per heavy atom. The molecule has 18 heavy (non-hydrogen) atoms. The Balaban J connectivity index is 2.42. The van der Waals surface area contributed by atoms with Crippen LogP contribution in [0.5, 0.6) is 5.75 Å². The van der Waals surface area contributed by atoms with Crippen molar-refractivity contribution in [3.63, 3.8) is 0 Å². The van der Waals surface area contributed by atoms with Crippen LogP contribution in [0.1, 0.15) is 25.8 Å². The standard InChI is InChI=1S/C15H26N2O/c1-4-10-17(5-2)11-12-18-15-9-7-6-8-14(15)13-16-3/h6-9,16H,4-5,10-13H2,1-3H3. The summed E-state index contributed by atoms with van der Waals surface area (Å²) in [6.07, 6.45) is 1.20. The molecule has 0 amide bonds. The third-order valence-corrected chi connectivity index (χ3v) is 2.99. The predicted octanol–water partition coefficient (Wildman–Crippen LogP) is 2.52. The lowest BCUT2D eigenvalue weighted by molar-refractivity contribution is 0.215. The highest BCUT2D eigenvalue weighted by molar-refractivity contribution is 5.33. The van der Waals surface area contributed by atoms with Crippen molar-refractivity contribution >= 4 is 0 Å². The van der Waals surface area contributed by atoms with Gasteiger partial charge in [0.05, 0.1) is 0 Å². The zero-order valence-electron chi connectivity index (χ0n) is 11.9. The van der Waals surface area contributed by atoms with E-state index in [9.17, 15) is 0 Å². The molecule has 102 valence electrons. The molecular formula is C15H26N2O. The molecule has 0 heterocycles. The number of likely N-dealkylation sites (N-methyl/N-ethyl adjacent to an activating group) is 1. The van der Waals surface area contributed by atoms with Gasteiger partial charge >= 0.3 is 0 Å². The molecule has 0 radical (unpaired) electrons. The normalized spacial score (nSPS) is 10.9. The van der Waals surface area contributed by atoms with Crippen LogP contribution in [0.15, 0.2) is 24.3 Å². The van der Waals surface area contributed by atoms with E-state index in [2.05, 4.69) is 36.2 Å². The number of para-hydroxylation sites is 1. The highest BCUT2D eigenvalue weighted by Crippen LogP contribution is 2.17. The highest BCUT2D eigenvalue weighted by Gasteiger charge is 2.04. The van der Waals surface area contributed by atoms with Crippen molar-refractivity contribution in [3.8, 4) is 5.75 Å². The molecule has 0 bridgehead atoms. The van der Waals surface area contributed by atoms with Gasteiger partial charge in [-0.2, -0.15) is 0 Å². The summed E-state index contributed by atoms with van der Waals surface area (Å²) in [6.45, 7) is 9.26. The molecular weight excluding hydrogens is 224 g/mol. The summed E-state index contributed by atoms with van der Waals surface area (Å²) in [5, 5.41) is 3.16. The summed E-state index contributed by atoms with van der Waals surface area (Å²) in [5.74, 6) is 0.999. The molecule has 1 N–H and O–H groups in total. The minimum atomic E-state index is 0.758. The first-order chi connectivity index (χ1) is 8.81. The van der Waals surface area contributed by atoms with Crippen molar-refractivity contribution in [2.45, 2.75) is 26.8 Å². The van der Waals surface area contributed by atoms with Gasteiger partial charge in [-0.3, -0.25) is 0 Å². The van der Waals surface area contributed by atoms with Crippen LogP contribution >= 0.6 is 0 Å². The fourth-order valence-electron chi connectivity index (χ4n) is 2.01. The van der Waals surface area contributed by atoms with Gasteiger partial charge in [0.1, 0.15) is 12.4 Å². The second-order valence-corrected chi connectivity index (χ2v) is 4.42. The minimum absolute atomic E-state index is 0.758. The van der Waals surface area contributed by atoms with E-state index in [-0.39, 0.29) is 0 Å². The van der Waals surface area contributed by atoms with Crippen LogP contribution in [0.4, 0.5) is 0 Å². The Morgan fingerprint density at radius 2 is 1.94 bits per heavy atom. The van der Waals surface area contributed by atoms with E-state index in [1.807, 2.05) is 19.2 Å². The van der Waals surface area contributed by atoms with Gasteiger partial charge in [0, 0.05) is 18.7 Å². The average molecular weight is 250 g/mol. The fraction of sp³-hybridized carbons (Fsp3) is 0.600. The molecule has 3 heteroatoms. The predicted molar refractivity (Wildman–Crippen MR) is 77.1 cm³/mol. The Kier molecular flexibility index (Phi) is 7.46. The van der Waals surface area contributed by atoms with E-state index >= 15 is 0 Å². The number of hydrogen-bond donors (Lipinski definition) is 1. The van der Waals surface area contributed by atoms with E-state index in [0.717, 1.165) is 38.5 Å². The molecule has 1 rings (SSSR count). The second kappa shape index (κ2) is 8.95. The van der Waals surface area contributed by atoms with Crippen molar-refractivity contribution in [1.29, 1.82) is 0 Å². The molecule has 0 aliphatic rings. The van der Waals surface area contributed by atoms with E-state index < -0.39 is 0 Å². The third-order valence-electron chi connectivity index (χ3n) is 2.99. The lowest BCUT2D eigenvalue weighted by Gasteiger charge is -2.20. The summed E-state index contributed by atoms with van der Waals surface area (Å²) < 4.78 is 5.89. The highest BCUT2D eigenvalue weighted by atomic mass is 16.5. The molecule has 0 spiro atoms. The second-order valence-electron chi connectivity index (χ2n) is 4.42. The minimum Gasteiger partial charge on any atom is -0.492 e. The monoisotopic (exact) mass is 250 g/mol. The van der Waals surface area contributed by atoms with E-state index in [1.54, 1.807) is 0 Å². The lowest BCUT2D eigenvalue weighted by atomic mass is 10.2. The van der Waals surface area contributed by atoms with Crippen molar-refractivity contribution in [2.24, 2.45) is 0 Å². The van der Waals surface area contributed by atoms with Gasteiger partial charge < -0.3 is 15.0 Å². The smallest absolute Gasteiger partial charge is 0.123 e. The quantitative estimate of drug-likeness (QED) is 0.729. The SMILES string of the molecule is CCCN(CC)CCOc1ccccc1CNC. The van der Waals surface area contributed by atoms with Crippen molar-refractivity contribution < 1.29 is 4.74 Å². The first kappa shape index (κ1) is 15.0. The van der Waals surface area contributed by atoms with Crippen LogP contribution < -0.4 is 10.1 Å². The molecule has 0 aliphatic carbocycles. The van der Waals surface area contributed by atoms with Gasteiger partial charge in [-0.05, 0) is 32.6 Å². The topological polar surface area (TPSA) is 24.5 Å². The zero-order valence-corrected chi connectivity index (χ0v) is 11.9. The number of rotatable bonds is 9. The van der Waals surface area contributed by atoms with Crippen molar-refractivity contribution in [3.05, 3.63) is 29.8 Å². The number of ether oxygens (including phenoxy) is 1. The fourth-order valence-corrected chi connectivity index (χ4v) is 2.01. The number of hydrogen-bond acceptors (Lipinski definition) is 3. The van der Waals surface area contributed by atoms with Gasteiger partial charge in [-0.15, -0.1) is 0 Å². The number of nitrogens with one attached hydrogen (secondary N) is 1. The molecule has 0 fully saturated rings. The summed E-state index contributed by atoms with van der Waals surface area (Å²) in [5.41, 5.74) is 1.22. The van der Waals surface area contributed by atoms with E-state index in [0.29, 0.717) is 0 Å². The molecule has 0 atom stereocenters. The Hall–Kier alpha value is -1.06. The first-order valence-corrected chi connectivity index (χ1v) is 6.89. The maximum Gasteiger partial charge on any atom is 0.123 e. The Morgan fingerprint density at radius 1 is 1.17 bits per heavy atom. The molecule has 3 nitrogen and oxygen atoms in total. The molecule has 1 aromatic rings. The van der Waals surface area contributed by atoms with Crippen molar-refractivity contribution in [1.82, 2.24) is 10.2 Å². The Bertz CT molecular complexity index is 328. The van der Waals surface area contributed by atoms with Crippen LogP contribution in [0.25, 0.3) is 0 Å². The van der Waals surface area contributed by atoms with Crippen LogP contribution in [0.3, 0.4) is 0 Å². The van der Waals surface area contributed by atoms with Gasteiger partial charge in [0.15, 0.2) is 0 Å². The van der Waals surface area contributed by atoms with Gasteiger partial charge in [0.2, 0.25) is 0 Å². The van der Waals surface area contributed by atoms with Crippen molar-refractivity contribution in [2.75, 3.05) is 33.3 Å². The van der Waals surface area contributed by atoms with Crippen LogP contribution in [-0.2, 0) is 6.54 Å². The van der Waals surface area contributed by atoms with E-state index in [1.165, 1.54) is 12.0 Å². The first-order valence-electron chi connectivity index (χ1n) is 6.89. The van der Waals surface area contributed by atoms with Gasteiger partial charge in [-0.1, -0.05) is 32.0 Å². The van der Waals surface area contributed by atoms with Crippen LogP contribution in [0, 0.1) is 0 Å². The molecule has 0 unspecified atom stereocenters. The summed E-state index contributed by atoms with van der Waals surface area (Å²) in [6, 6.07) is 8.23. The molecule has 0 aromatic heterocycles. The molecule has 0 saturated carbocycles. The van der Waals surface area contributed by atoms with Crippen LogP contribution in [-0.4, -0.2) is 38.2 Å². The summed E-state index contributed by atoms with van der Waals surface area (Å²) >= 11 is 0. The third kappa shape index (κ3) is 5.07.